The SMILES string of the molecule is COCC(C)OCC(O)CN1CCOC(C#N)C1. The van der Waals surface area contributed by atoms with Crippen LogP contribution >= 0.6 is 0 Å². The van der Waals surface area contributed by atoms with Crippen LogP contribution in [0.2, 0.25) is 0 Å². The fourth-order valence-electron chi connectivity index (χ4n) is 1.86. The van der Waals surface area contributed by atoms with Crippen molar-refractivity contribution in [2.45, 2.75) is 25.2 Å². The lowest BCUT2D eigenvalue weighted by molar-refractivity contribution is -0.0557. The lowest BCUT2D eigenvalue weighted by Crippen LogP contribution is -2.46. The maximum atomic E-state index is 9.85. The topological polar surface area (TPSA) is 74.9 Å². The Morgan fingerprint density at radius 3 is 3.00 bits per heavy atom. The van der Waals surface area contributed by atoms with E-state index in [4.69, 9.17) is 19.5 Å². The predicted molar refractivity (Wildman–Crippen MR) is 65.1 cm³/mol. The second kappa shape index (κ2) is 8.40. The molecule has 3 atom stereocenters. The fraction of sp³-hybridized carbons (Fsp3) is 0.917. The van der Waals surface area contributed by atoms with Crippen molar-refractivity contribution in [2.24, 2.45) is 0 Å². The highest BCUT2D eigenvalue weighted by Gasteiger charge is 2.22. The zero-order valence-electron chi connectivity index (χ0n) is 11.0. The Kier molecular flexibility index (Phi) is 7.16. The third-order valence-corrected chi connectivity index (χ3v) is 2.74. The number of nitrogens with zero attached hydrogens (tertiary/aromatic N) is 2. The molecule has 0 saturated carbocycles. The number of ether oxygens (including phenoxy) is 3. The average molecular weight is 258 g/mol. The summed E-state index contributed by atoms with van der Waals surface area (Å²) in [6.45, 7) is 5.01. The molecule has 1 rings (SSSR count). The van der Waals surface area contributed by atoms with E-state index in [1.165, 1.54) is 0 Å². The molecule has 1 heterocycles. The maximum Gasteiger partial charge on any atom is 0.156 e. The largest absolute Gasteiger partial charge is 0.389 e. The maximum absolute atomic E-state index is 9.85. The number of aliphatic hydroxyl groups is 1. The summed E-state index contributed by atoms with van der Waals surface area (Å²) >= 11 is 0. The monoisotopic (exact) mass is 258 g/mol. The van der Waals surface area contributed by atoms with Crippen molar-refractivity contribution >= 4 is 0 Å². The summed E-state index contributed by atoms with van der Waals surface area (Å²) in [6.07, 6.45) is -0.970. The van der Waals surface area contributed by atoms with E-state index in [9.17, 15) is 5.11 Å². The van der Waals surface area contributed by atoms with Crippen molar-refractivity contribution in [2.75, 3.05) is 46.6 Å². The van der Waals surface area contributed by atoms with Gasteiger partial charge in [-0.05, 0) is 6.92 Å². The van der Waals surface area contributed by atoms with Crippen LogP contribution in [-0.2, 0) is 14.2 Å². The van der Waals surface area contributed by atoms with Crippen molar-refractivity contribution in [3.8, 4) is 6.07 Å². The van der Waals surface area contributed by atoms with Gasteiger partial charge in [-0.1, -0.05) is 0 Å². The summed E-state index contributed by atoms with van der Waals surface area (Å²) in [5.41, 5.74) is 0. The number of hydrogen-bond acceptors (Lipinski definition) is 6. The predicted octanol–water partition coefficient (Wildman–Crippen LogP) is -0.377. The number of nitriles is 1. The van der Waals surface area contributed by atoms with E-state index in [1.54, 1.807) is 7.11 Å². The second-order valence-electron chi connectivity index (χ2n) is 4.50. The van der Waals surface area contributed by atoms with E-state index in [0.29, 0.717) is 26.3 Å². The Balaban J connectivity index is 2.19. The molecule has 0 spiro atoms. The zero-order chi connectivity index (χ0) is 13.4. The van der Waals surface area contributed by atoms with E-state index in [1.807, 2.05) is 11.8 Å². The molecule has 1 saturated heterocycles. The molecular formula is C12H22N2O4. The highest BCUT2D eigenvalue weighted by atomic mass is 16.5. The zero-order valence-corrected chi connectivity index (χ0v) is 11.0. The van der Waals surface area contributed by atoms with Crippen LogP contribution in [0.5, 0.6) is 0 Å². The van der Waals surface area contributed by atoms with Crippen LogP contribution in [0, 0.1) is 11.3 Å². The van der Waals surface area contributed by atoms with E-state index in [2.05, 4.69) is 6.07 Å². The number of hydrogen-bond donors (Lipinski definition) is 1. The minimum atomic E-state index is -0.554. The molecule has 104 valence electrons. The minimum Gasteiger partial charge on any atom is -0.389 e. The molecule has 0 aromatic heterocycles. The molecule has 0 aromatic rings. The van der Waals surface area contributed by atoms with Crippen LogP contribution in [0.3, 0.4) is 0 Å². The van der Waals surface area contributed by atoms with Gasteiger partial charge in [0.2, 0.25) is 0 Å². The van der Waals surface area contributed by atoms with Crippen molar-refractivity contribution in [1.82, 2.24) is 4.90 Å². The van der Waals surface area contributed by atoms with E-state index in [0.717, 1.165) is 6.54 Å². The number of methoxy groups -OCH3 is 1. The summed E-state index contributed by atoms with van der Waals surface area (Å²) in [4.78, 5) is 2.02. The Bertz CT molecular complexity index is 269. The molecule has 0 aromatic carbocycles. The van der Waals surface area contributed by atoms with Crippen LogP contribution in [0.1, 0.15) is 6.92 Å². The Morgan fingerprint density at radius 1 is 1.56 bits per heavy atom. The van der Waals surface area contributed by atoms with Gasteiger partial charge in [0.25, 0.3) is 0 Å². The standard InChI is InChI=1S/C12H22N2O4/c1-10(8-16-2)18-9-11(15)6-14-3-4-17-12(5-13)7-14/h10-12,15H,3-4,6-9H2,1-2H3. The minimum absolute atomic E-state index is 0.0267. The molecule has 1 aliphatic rings. The van der Waals surface area contributed by atoms with Gasteiger partial charge < -0.3 is 19.3 Å². The summed E-state index contributed by atoms with van der Waals surface area (Å²) in [7, 11) is 1.62. The van der Waals surface area contributed by atoms with Gasteiger partial charge >= 0.3 is 0 Å². The molecule has 1 fully saturated rings. The summed E-state index contributed by atoms with van der Waals surface area (Å²) in [6, 6.07) is 2.08. The number of aliphatic hydroxyl groups excluding tert-OH is 1. The summed E-state index contributed by atoms with van der Waals surface area (Å²) in [5.74, 6) is 0. The number of rotatable bonds is 7. The van der Waals surface area contributed by atoms with E-state index >= 15 is 0 Å². The first-order valence-electron chi connectivity index (χ1n) is 6.18. The summed E-state index contributed by atoms with van der Waals surface area (Å²) < 4.78 is 15.6. The summed E-state index contributed by atoms with van der Waals surface area (Å²) in [5, 5.41) is 18.6. The lowest BCUT2D eigenvalue weighted by Gasteiger charge is -2.31. The Labute approximate surface area is 108 Å². The van der Waals surface area contributed by atoms with Gasteiger partial charge in [0, 0.05) is 26.7 Å². The van der Waals surface area contributed by atoms with Crippen molar-refractivity contribution < 1.29 is 19.3 Å². The molecule has 0 radical (unpaired) electrons. The highest BCUT2D eigenvalue weighted by Crippen LogP contribution is 2.05. The van der Waals surface area contributed by atoms with Crippen molar-refractivity contribution in [1.29, 1.82) is 5.26 Å². The average Bonchev–Trinajstić information content (AvgIpc) is 2.37. The second-order valence-corrected chi connectivity index (χ2v) is 4.50. The van der Waals surface area contributed by atoms with Gasteiger partial charge in [-0.15, -0.1) is 0 Å². The molecule has 18 heavy (non-hydrogen) atoms. The van der Waals surface area contributed by atoms with Crippen molar-refractivity contribution in [3.63, 3.8) is 0 Å². The molecule has 6 nitrogen and oxygen atoms in total. The van der Waals surface area contributed by atoms with Gasteiger partial charge in [-0.25, -0.2) is 0 Å². The molecular weight excluding hydrogens is 236 g/mol. The van der Waals surface area contributed by atoms with Crippen LogP contribution < -0.4 is 0 Å². The van der Waals surface area contributed by atoms with Gasteiger partial charge in [-0.3, -0.25) is 4.90 Å². The molecule has 1 aliphatic heterocycles. The molecule has 0 amide bonds. The molecule has 0 bridgehead atoms. The fourth-order valence-corrected chi connectivity index (χ4v) is 1.86. The van der Waals surface area contributed by atoms with Crippen molar-refractivity contribution in [3.05, 3.63) is 0 Å². The molecule has 6 heteroatoms. The van der Waals surface area contributed by atoms with Crippen LogP contribution in [0.25, 0.3) is 0 Å². The third-order valence-electron chi connectivity index (χ3n) is 2.74. The molecule has 3 unspecified atom stereocenters. The van der Waals surface area contributed by atoms with Gasteiger partial charge in [-0.2, -0.15) is 5.26 Å². The van der Waals surface area contributed by atoms with Crippen LogP contribution in [0.15, 0.2) is 0 Å². The highest BCUT2D eigenvalue weighted by molar-refractivity contribution is 4.89. The van der Waals surface area contributed by atoms with E-state index in [-0.39, 0.29) is 18.8 Å². The molecule has 1 N–H and O–H groups in total. The normalized spacial score (nSPS) is 24.4. The lowest BCUT2D eigenvalue weighted by atomic mass is 10.2. The van der Waals surface area contributed by atoms with Crippen LogP contribution in [0.4, 0.5) is 0 Å². The number of β-amino-alcohol motifs (C(OH)–C–C–N with tert-alkyl or cyclic N) is 1. The van der Waals surface area contributed by atoms with Gasteiger partial charge in [0.1, 0.15) is 0 Å². The first-order chi connectivity index (χ1) is 8.65. The first-order valence-corrected chi connectivity index (χ1v) is 6.18. The number of morpholine rings is 1. The van der Waals surface area contributed by atoms with Gasteiger partial charge in [0.05, 0.1) is 38.1 Å². The van der Waals surface area contributed by atoms with Gasteiger partial charge in [0.15, 0.2) is 6.10 Å². The third kappa shape index (κ3) is 5.76. The molecule has 0 aliphatic carbocycles. The Hall–Kier alpha value is -0.710. The van der Waals surface area contributed by atoms with E-state index < -0.39 is 6.10 Å². The van der Waals surface area contributed by atoms with Crippen LogP contribution in [-0.4, -0.2) is 74.9 Å². The quantitative estimate of drug-likeness (QED) is 0.671. The smallest absolute Gasteiger partial charge is 0.156 e. The first kappa shape index (κ1) is 15.3. The Morgan fingerprint density at radius 2 is 2.33 bits per heavy atom.